The van der Waals surface area contributed by atoms with Gasteiger partial charge in [-0.25, -0.2) is 9.59 Å². The number of esters is 4. The molecule has 3 rings (SSSR count). The van der Waals surface area contributed by atoms with Gasteiger partial charge in [0.15, 0.2) is 24.1 Å². The molecule has 1 saturated heterocycles. The standard InChI is InChI=1S/C32H38N2O15/c1-6-33(18-43-15-14-22-10-8-7-9-11-22)32(39)44-17-23-12-13-25(24(16-23)34(40)41)48-31-29(47-21(4)37)27(46-20(3)36)26(45-19(2)35)28(49-31)30(38)42-5/h7-13,16,26-29,31H,6,14-15,17-18H2,1-5H3/t26-,27-,28-,29+,31+/m0/s1. The van der Waals surface area contributed by atoms with Crippen LogP contribution in [-0.4, -0.2) is 97.5 Å². The van der Waals surface area contributed by atoms with Crippen LogP contribution >= 0.6 is 0 Å². The van der Waals surface area contributed by atoms with Gasteiger partial charge in [0.1, 0.15) is 13.3 Å². The molecule has 0 unspecified atom stereocenters. The van der Waals surface area contributed by atoms with E-state index in [4.69, 9.17) is 37.9 Å². The number of benzene rings is 2. The van der Waals surface area contributed by atoms with E-state index >= 15 is 0 Å². The van der Waals surface area contributed by atoms with Crippen LogP contribution in [0.15, 0.2) is 48.5 Å². The first-order valence-corrected chi connectivity index (χ1v) is 15.1. The third kappa shape index (κ3) is 11.1. The van der Waals surface area contributed by atoms with Gasteiger partial charge in [-0.1, -0.05) is 36.4 Å². The monoisotopic (exact) mass is 690 g/mol. The number of rotatable bonds is 15. The Morgan fingerprint density at radius 2 is 1.51 bits per heavy atom. The number of carbonyl (C=O) groups excluding carboxylic acids is 5. The maximum Gasteiger partial charge on any atom is 0.411 e. The number of carbonyl (C=O) groups is 5. The van der Waals surface area contributed by atoms with Crippen LogP contribution in [0, 0.1) is 10.1 Å². The number of amides is 1. The van der Waals surface area contributed by atoms with E-state index in [-0.39, 0.29) is 25.4 Å². The molecular weight excluding hydrogens is 652 g/mol. The fraction of sp³-hybridized carbons (Fsp3) is 0.469. The summed E-state index contributed by atoms with van der Waals surface area (Å²) in [4.78, 5) is 73.9. The molecule has 0 spiro atoms. The molecule has 1 aliphatic heterocycles. The minimum absolute atomic E-state index is 0.0286. The average Bonchev–Trinajstić information content (AvgIpc) is 3.06. The quantitative estimate of drug-likeness (QED) is 0.0658. The Morgan fingerprint density at radius 3 is 2.10 bits per heavy atom. The minimum Gasteiger partial charge on any atom is -0.467 e. The summed E-state index contributed by atoms with van der Waals surface area (Å²) in [7, 11) is 1.01. The van der Waals surface area contributed by atoms with Crippen LogP contribution in [0.5, 0.6) is 5.75 Å². The molecule has 0 saturated carbocycles. The number of nitro groups is 1. The molecule has 17 heteroatoms. The maximum atomic E-state index is 12.7. The van der Waals surface area contributed by atoms with Gasteiger partial charge in [-0.05, 0) is 30.5 Å². The first-order chi connectivity index (χ1) is 23.3. The zero-order valence-electron chi connectivity index (χ0n) is 27.6. The molecule has 17 nitrogen and oxygen atoms in total. The van der Waals surface area contributed by atoms with Crippen LogP contribution in [0.25, 0.3) is 0 Å². The lowest BCUT2D eigenvalue weighted by Crippen LogP contribution is -2.64. The number of nitro benzene ring substituents is 1. The fourth-order valence-corrected chi connectivity index (χ4v) is 4.71. The minimum atomic E-state index is -1.81. The van der Waals surface area contributed by atoms with E-state index in [1.807, 2.05) is 30.3 Å². The Kier molecular flexibility index (Phi) is 14.3. The van der Waals surface area contributed by atoms with E-state index in [0.717, 1.165) is 39.5 Å². The van der Waals surface area contributed by atoms with Gasteiger partial charge in [0.05, 0.1) is 18.6 Å². The van der Waals surface area contributed by atoms with E-state index < -0.39 is 77.0 Å². The van der Waals surface area contributed by atoms with Gasteiger partial charge in [0.25, 0.3) is 0 Å². The molecule has 1 aliphatic rings. The molecule has 1 fully saturated rings. The Balaban J connectivity index is 1.78. The van der Waals surface area contributed by atoms with Gasteiger partial charge in [-0.3, -0.25) is 29.4 Å². The zero-order chi connectivity index (χ0) is 36.1. The van der Waals surface area contributed by atoms with Crippen molar-refractivity contribution < 1.29 is 66.8 Å². The van der Waals surface area contributed by atoms with Crippen molar-refractivity contribution in [3.05, 3.63) is 69.8 Å². The largest absolute Gasteiger partial charge is 0.467 e. The summed E-state index contributed by atoms with van der Waals surface area (Å²) >= 11 is 0. The van der Waals surface area contributed by atoms with Gasteiger partial charge in [-0.2, -0.15) is 0 Å². The normalized spacial score (nSPS) is 19.9. The lowest BCUT2D eigenvalue weighted by Gasteiger charge is -2.42. The first-order valence-electron chi connectivity index (χ1n) is 15.1. The third-order valence-electron chi connectivity index (χ3n) is 6.93. The molecule has 1 amide bonds. The van der Waals surface area contributed by atoms with Crippen molar-refractivity contribution in [1.82, 2.24) is 4.90 Å². The highest BCUT2D eigenvalue weighted by Gasteiger charge is 2.56. The fourth-order valence-electron chi connectivity index (χ4n) is 4.71. The predicted octanol–water partition coefficient (Wildman–Crippen LogP) is 2.84. The van der Waals surface area contributed by atoms with Gasteiger partial charge in [0, 0.05) is 33.4 Å². The Bertz CT molecular complexity index is 1480. The highest BCUT2D eigenvalue weighted by molar-refractivity contribution is 5.77. The lowest BCUT2D eigenvalue weighted by atomic mass is 9.97. The van der Waals surface area contributed by atoms with Crippen LogP contribution < -0.4 is 4.74 Å². The molecule has 266 valence electrons. The molecular formula is C32H38N2O15. The smallest absolute Gasteiger partial charge is 0.411 e. The lowest BCUT2D eigenvalue weighted by molar-refractivity contribution is -0.387. The molecule has 2 aromatic rings. The molecule has 1 heterocycles. The predicted molar refractivity (Wildman–Crippen MR) is 165 cm³/mol. The first kappa shape index (κ1) is 38.2. The maximum absolute atomic E-state index is 12.7. The number of ether oxygens (including phenoxy) is 8. The van der Waals surface area contributed by atoms with E-state index in [1.54, 1.807) is 6.92 Å². The number of nitrogens with zero attached hydrogens (tertiary/aromatic N) is 2. The van der Waals surface area contributed by atoms with Crippen molar-refractivity contribution in [1.29, 1.82) is 0 Å². The van der Waals surface area contributed by atoms with Crippen molar-refractivity contribution in [2.45, 2.75) is 71.4 Å². The summed E-state index contributed by atoms with van der Waals surface area (Å²) in [6, 6.07) is 13.3. The molecule has 0 aromatic heterocycles. The summed E-state index contributed by atoms with van der Waals surface area (Å²) in [5.74, 6) is -4.21. The number of hydrogen-bond donors (Lipinski definition) is 0. The summed E-state index contributed by atoms with van der Waals surface area (Å²) < 4.78 is 42.9. The summed E-state index contributed by atoms with van der Waals surface area (Å²) in [6.07, 6.45) is -8.63. The molecule has 0 bridgehead atoms. The van der Waals surface area contributed by atoms with Crippen molar-refractivity contribution in [3.63, 3.8) is 0 Å². The van der Waals surface area contributed by atoms with Gasteiger partial charge in [0.2, 0.25) is 12.4 Å². The van der Waals surface area contributed by atoms with Gasteiger partial charge >= 0.3 is 35.7 Å². The van der Waals surface area contributed by atoms with Crippen LogP contribution in [0.4, 0.5) is 10.5 Å². The summed E-state index contributed by atoms with van der Waals surface area (Å²) in [6.45, 7) is 5.07. The Hall–Kier alpha value is -5.29. The average molecular weight is 691 g/mol. The van der Waals surface area contributed by atoms with E-state index in [2.05, 4.69) is 0 Å². The van der Waals surface area contributed by atoms with Crippen molar-refractivity contribution in [3.8, 4) is 5.75 Å². The SMILES string of the molecule is CCN(COCCc1ccccc1)C(=O)OCc1ccc(O[C@@H]2O[C@H](C(=O)OC)[C@@H](OC(C)=O)[C@H](OC(C)=O)[C@H]2OC(C)=O)c([N+](=O)[O-])c1. The van der Waals surface area contributed by atoms with Crippen molar-refractivity contribution in [2.24, 2.45) is 0 Å². The third-order valence-corrected chi connectivity index (χ3v) is 6.93. The van der Waals surface area contributed by atoms with Gasteiger partial charge < -0.3 is 37.9 Å². The summed E-state index contributed by atoms with van der Waals surface area (Å²) in [5, 5.41) is 12.1. The Labute approximate surface area is 281 Å². The van der Waals surface area contributed by atoms with E-state index in [1.165, 1.54) is 17.0 Å². The Morgan fingerprint density at radius 1 is 0.878 bits per heavy atom. The molecule has 2 aromatic carbocycles. The highest BCUT2D eigenvalue weighted by Crippen LogP contribution is 2.35. The van der Waals surface area contributed by atoms with Crippen molar-refractivity contribution in [2.75, 3.05) is 27.0 Å². The van der Waals surface area contributed by atoms with E-state index in [9.17, 15) is 34.1 Å². The summed E-state index contributed by atoms with van der Waals surface area (Å²) in [5.41, 5.74) is 0.684. The number of methoxy groups -OCH3 is 1. The molecule has 0 radical (unpaired) electrons. The van der Waals surface area contributed by atoms with Gasteiger partial charge in [-0.15, -0.1) is 0 Å². The van der Waals surface area contributed by atoms with E-state index in [0.29, 0.717) is 13.0 Å². The molecule has 0 aliphatic carbocycles. The second-order valence-corrected chi connectivity index (χ2v) is 10.5. The second kappa shape index (κ2) is 18.3. The zero-order valence-corrected chi connectivity index (χ0v) is 27.6. The molecule has 49 heavy (non-hydrogen) atoms. The number of hydrogen-bond acceptors (Lipinski definition) is 15. The highest BCUT2D eigenvalue weighted by atomic mass is 16.7. The topological polar surface area (TPSA) is 206 Å². The van der Waals surface area contributed by atoms with Crippen LogP contribution in [0.2, 0.25) is 0 Å². The second-order valence-electron chi connectivity index (χ2n) is 10.5. The van der Waals surface area contributed by atoms with Crippen LogP contribution in [0.3, 0.4) is 0 Å². The van der Waals surface area contributed by atoms with Crippen LogP contribution in [0.1, 0.15) is 38.8 Å². The molecule has 5 atom stereocenters. The molecule has 0 N–H and O–H groups in total. The van der Waals surface area contributed by atoms with Crippen molar-refractivity contribution >= 4 is 35.7 Å². The van der Waals surface area contributed by atoms with Crippen LogP contribution in [-0.2, 0) is 65.4 Å².